The lowest BCUT2D eigenvalue weighted by atomic mass is 10.2. The molecule has 1 amide bonds. The van der Waals surface area contributed by atoms with Crippen molar-refractivity contribution in [2.24, 2.45) is 0 Å². The molecule has 1 aliphatic rings. The van der Waals surface area contributed by atoms with E-state index in [1.807, 2.05) is 36.1 Å². The van der Waals surface area contributed by atoms with Gasteiger partial charge in [-0.1, -0.05) is 29.3 Å². The zero-order valence-corrected chi connectivity index (χ0v) is 17.4. The van der Waals surface area contributed by atoms with Gasteiger partial charge in [0.25, 0.3) is 0 Å². The molecule has 2 aromatic rings. The molecule has 1 saturated heterocycles. The summed E-state index contributed by atoms with van der Waals surface area (Å²) < 4.78 is 38.3. The Labute approximate surface area is 177 Å². The highest BCUT2D eigenvalue weighted by Crippen LogP contribution is 2.33. The first-order valence-corrected chi connectivity index (χ1v) is 10.6. The van der Waals surface area contributed by atoms with Crippen molar-refractivity contribution in [1.29, 1.82) is 0 Å². The average molecular weight is 444 g/mol. The van der Waals surface area contributed by atoms with E-state index in [-0.39, 0.29) is 10.9 Å². The highest BCUT2D eigenvalue weighted by molar-refractivity contribution is 7.99. The molecule has 1 aromatic heterocycles. The number of aryl methyl sites for hydroxylation is 1. The Balaban J connectivity index is 1.48. The number of benzene rings is 1. The van der Waals surface area contributed by atoms with Crippen molar-refractivity contribution < 1.29 is 18.0 Å². The number of anilines is 1. The van der Waals surface area contributed by atoms with Gasteiger partial charge in [0.2, 0.25) is 5.91 Å². The van der Waals surface area contributed by atoms with E-state index in [2.05, 4.69) is 4.98 Å². The fourth-order valence-corrected chi connectivity index (χ4v) is 4.16. The van der Waals surface area contributed by atoms with Crippen molar-refractivity contribution in [2.45, 2.75) is 24.4 Å². The van der Waals surface area contributed by atoms with Crippen molar-refractivity contribution in [3.05, 3.63) is 52.7 Å². The summed E-state index contributed by atoms with van der Waals surface area (Å²) in [7, 11) is 0. The number of pyridine rings is 1. The molecular formula is C20H21ClF3N3OS. The molecule has 0 unspecified atom stereocenters. The first kappa shape index (κ1) is 21.8. The number of hydrogen-bond acceptors (Lipinski definition) is 4. The van der Waals surface area contributed by atoms with E-state index in [9.17, 15) is 18.0 Å². The van der Waals surface area contributed by atoms with Gasteiger partial charge in [0.1, 0.15) is 5.82 Å². The normalized spacial score (nSPS) is 14.9. The van der Waals surface area contributed by atoms with Gasteiger partial charge in [-0.15, -0.1) is 11.8 Å². The van der Waals surface area contributed by atoms with Gasteiger partial charge in [0.05, 0.1) is 10.6 Å². The predicted octanol–water partition coefficient (Wildman–Crippen LogP) is 4.89. The number of amides is 1. The van der Waals surface area contributed by atoms with Crippen LogP contribution in [-0.2, 0) is 11.0 Å². The van der Waals surface area contributed by atoms with E-state index in [0.717, 1.165) is 17.2 Å². The average Bonchev–Trinajstić information content (AvgIpc) is 2.69. The minimum Gasteiger partial charge on any atom is -0.352 e. The SMILES string of the molecule is Cc1ccc(SCCC(=O)N2CCN(c3ncc(C(F)(F)F)cc3Cl)CC2)cc1. The van der Waals surface area contributed by atoms with Crippen LogP contribution < -0.4 is 4.90 Å². The first-order valence-electron chi connectivity index (χ1n) is 9.19. The van der Waals surface area contributed by atoms with Crippen LogP contribution in [0.25, 0.3) is 0 Å². The Bertz CT molecular complexity index is 853. The second-order valence-corrected chi connectivity index (χ2v) is 8.38. The van der Waals surface area contributed by atoms with Gasteiger partial charge < -0.3 is 9.80 Å². The Hall–Kier alpha value is -1.93. The molecule has 0 atom stereocenters. The van der Waals surface area contributed by atoms with Gasteiger partial charge in [0, 0.05) is 49.4 Å². The Kier molecular flexibility index (Phi) is 6.95. The van der Waals surface area contributed by atoms with Crippen LogP contribution in [-0.4, -0.2) is 47.7 Å². The van der Waals surface area contributed by atoms with Gasteiger partial charge in [0.15, 0.2) is 0 Å². The smallest absolute Gasteiger partial charge is 0.352 e. The van der Waals surface area contributed by atoms with Crippen LogP contribution >= 0.6 is 23.4 Å². The van der Waals surface area contributed by atoms with Crippen LogP contribution in [0.4, 0.5) is 19.0 Å². The molecule has 0 radical (unpaired) electrons. The lowest BCUT2D eigenvalue weighted by Gasteiger charge is -2.35. The van der Waals surface area contributed by atoms with E-state index in [1.54, 1.807) is 16.7 Å². The maximum Gasteiger partial charge on any atom is 0.417 e. The molecule has 1 aromatic carbocycles. The second kappa shape index (κ2) is 9.26. The number of hydrogen-bond donors (Lipinski definition) is 0. The highest BCUT2D eigenvalue weighted by Gasteiger charge is 2.32. The number of aromatic nitrogens is 1. The third-order valence-electron chi connectivity index (χ3n) is 4.69. The topological polar surface area (TPSA) is 36.4 Å². The Morgan fingerprint density at radius 3 is 2.41 bits per heavy atom. The molecule has 3 rings (SSSR count). The van der Waals surface area contributed by atoms with Crippen molar-refractivity contribution in [3.8, 4) is 0 Å². The number of rotatable bonds is 5. The fraction of sp³-hybridized carbons (Fsp3) is 0.400. The van der Waals surface area contributed by atoms with Crippen molar-refractivity contribution >= 4 is 35.1 Å². The standard InChI is InChI=1S/C20H21ClF3N3OS/c1-14-2-4-16(5-3-14)29-11-6-18(28)26-7-9-27(10-8-26)19-17(21)12-15(13-25-19)20(22,23)24/h2-5,12-13H,6-11H2,1H3. The monoisotopic (exact) mass is 443 g/mol. The number of alkyl halides is 3. The number of carbonyl (C=O) groups excluding carboxylic acids is 1. The van der Waals surface area contributed by atoms with Crippen LogP contribution in [0.1, 0.15) is 17.5 Å². The lowest BCUT2D eigenvalue weighted by molar-refractivity contribution is -0.137. The Morgan fingerprint density at radius 1 is 1.17 bits per heavy atom. The second-order valence-electron chi connectivity index (χ2n) is 6.81. The first-order chi connectivity index (χ1) is 13.7. The van der Waals surface area contributed by atoms with Gasteiger partial charge in [-0.2, -0.15) is 13.2 Å². The summed E-state index contributed by atoms with van der Waals surface area (Å²) in [5, 5.41) is -0.0332. The summed E-state index contributed by atoms with van der Waals surface area (Å²) in [4.78, 5) is 21.1. The van der Waals surface area contributed by atoms with Gasteiger partial charge in [-0.05, 0) is 25.1 Å². The van der Waals surface area contributed by atoms with E-state index >= 15 is 0 Å². The predicted molar refractivity (Wildman–Crippen MR) is 110 cm³/mol. The van der Waals surface area contributed by atoms with Crippen LogP contribution in [0.2, 0.25) is 5.02 Å². The molecule has 29 heavy (non-hydrogen) atoms. The third kappa shape index (κ3) is 5.79. The van der Waals surface area contributed by atoms with Crippen molar-refractivity contribution in [3.63, 3.8) is 0 Å². The molecule has 0 saturated carbocycles. The van der Waals surface area contributed by atoms with Gasteiger partial charge in [-0.25, -0.2) is 4.98 Å². The molecular weight excluding hydrogens is 423 g/mol. The summed E-state index contributed by atoms with van der Waals surface area (Å²) in [6.45, 7) is 3.98. The number of halogens is 4. The number of thioether (sulfide) groups is 1. The quantitative estimate of drug-likeness (QED) is 0.616. The van der Waals surface area contributed by atoms with Crippen LogP contribution in [0.3, 0.4) is 0 Å². The molecule has 1 fully saturated rings. The summed E-state index contributed by atoms with van der Waals surface area (Å²) >= 11 is 7.66. The summed E-state index contributed by atoms with van der Waals surface area (Å²) in [6, 6.07) is 9.07. The summed E-state index contributed by atoms with van der Waals surface area (Å²) in [5.41, 5.74) is 0.331. The molecule has 156 valence electrons. The molecule has 4 nitrogen and oxygen atoms in total. The minimum absolute atomic E-state index is 0.0332. The fourth-order valence-electron chi connectivity index (χ4n) is 3.03. The number of carbonyl (C=O) groups is 1. The van der Waals surface area contributed by atoms with Gasteiger partial charge >= 0.3 is 6.18 Å². The van der Waals surface area contributed by atoms with E-state index in [4.69, 9.17) is 11.6 Å². The molecule has 0 spiro atoms. The van der Waals surface area contributed by atoms with Crippen molar-refractivity contribution in [1.82, 2.24) is 9.88 Å². The van der Waals surface area contributed by atoms with Crippen LogP contribution in [0.5, 0.6) is 0 Å². The molecule has 0 N–H and O–H groups in total. The van der Waals surface area contributed by atoms with Crippen LogP contribution in [0.15, 0.2) is 41.4 Å². The highest BCUT2D eigenvalue weighted by atomic mass is 35.5. The lowest BCUT2D eigenvalue weighted by Crippen LogP contribution is -2.49. The van der Waals surface area contributed by atoms with E-state index in [1.165, 1.54) is 5.56 Å². The molecule has 0 bridgehead atoms. The molecule has 9 heteroatoms. The van der Waals surface area contributed by atoms with E-state index < -0.39 is 11.7 Å². The van der Waals surface area contributed by atoms with Gasteiger partial charge in [-0.3, -0.25) is 4.79 Å². The summed E-state index contributed by atoms with van der Waals surface area (Å²) in [6.07, 6.45) is -3.24. The Morgan fingerprint density at radius 2 is 1.83 bits per heavy atom. The third-order valence-corrected chi connectivity index (χ3v) is 5.98. The molecule has 1 aliphatic heterocycles. The summed E-state index contributed by atoms with van der Waals surface area (Å²) in [5.74, 6) is 1.10. The maximum absolute atomic E-state index is 12.8. The number of nitrogens with zero attached hydrogens (tertiary/aromatic N) is 3. The number of piperazine rings is 1. The van der Waals surface area contributed by atoms with Crippen LogP contribution in [0, 0.1) is 6.92 Å². The zero-order valence-electron chi connectivity index (χ0n) is 15.9. The molecule has 0 aliphatic carbocycles. The van der Waals surface area contributed by atoms with Crippen molar-refractivity contribution in [2.75, 3.05) is 36.8 Å². The molecule has 2 heterocycles. The van der Waals surface area contributed by atoms with E-state index in [0.29, 0.717) is 44.2 Å². The zero-order chi connectivity index (χ0) is 21.0. The maximum atomic E-state index is 12.8. The minimum atomic E-state index is -4.48. The largest absolute Gasteiger partial charge is 0.417 e.